The van der Waals surface area contributed by atoms with E-state index in [2.05, 4.69) is 9.97 Å². The van der Waals surface area contributed by atoms with Gasteiger partial charge in [-0.05, 0) is 29.0 Å². The summed E-state index contributed by atoms with van der Waals surface area (Å²) >= 11 is 0. The Balaban J connectivity index is 2.16. The van der Waals surface area contributed by atoms with Gasteiger partial charge in [0.15, 0.2) is 11.9 Å². The van der Waals surface area contributed by atoms with Crippen LogP contribution in [-0.2, 0) is 0 Å². The molecule has 6 nitrogen and oxygen atoms in total. The molecule has 0 saturated carbocycles. The average molecular weight is 231 g/mol. The van der Waals surface area contributed by atoms with Crippen LogP contribution in [0.5, 0.6) is 11.5 Å². The second kappa shape index (κ2) is 4.56. The molecule has 0 N–H and O–H groups in total. The summed E-state index contributed by atoms with van der Waals surface area (Å²) in [6.45, 7) is 1.85. The van der Waals surface area contributed by atoms with Crippen molar-refractivity contribution >= 4 is 5.82 Å². The molecular weight excluding hydrogens is 222 g/mol. The van der Waals surface area contributed by atoms with Crippen LogP contribution >= 0.6 is 0 Å². The first-order valence-corrected chi connectivity index (χ1v) is 4.86. The number of hydrogen-bond acceptors (Lipinski definition) is 5. The second-order valence-electron chi connectivity index (χ2n) is 3.34. The van der Waals surface area contributed by atoms with Crippen LogP contribution in [0.2, 0.25) is 0 Å². The van der Waals surface area contributed by atoms with Crippen molar-refractivity contribution < 1.29 is 9.66 Å². The minimum atomic E-state index is -0.555. The second-order valence-corrected chi connectivity index (χ2v) is 3.34. The minimum absolute atomic E-state index is 0.205. The molecule has 2 rings (SSSR count). The van der Waals surface area contributed by atoms with Crippen molar-refractivity contribution in [3.8, 4) is 11.5 Å². The predicted molar refractivity (Wildman–Crippen MR) is 59.9 cm³/mol. The number of aryl methyl sites for hydroxylation is 1. The maximum Gasteiger partial charge on any atom is 0.363 e. The fourth-order valence-corrected chi connectivity index (χ4v) is 1.26. The normalized spacial score (nSPS) is 9.94. The highest BCUT2D eigenvalue weighted by atomic mass is 16.6. The Morgan fingerprint density at radius 2 is 2.06 bits per heavy atom. The Morgan fingerprint density at radius 3 is 2.65 bits per heavy atom. The quantitative estimate of drug-likeness (QED) is 0.599. The van der Waals surface area contributed by atoms with Crippen LogP contribution in [0.3, 0.4) is 0 Å². The van der Waals surface area contributed by atoms with Gasteiger partial charge in [0.05, 0.1) is 0 Å². The summed E-state index contributed by atoms with van der Waals surface area (Å²) in [5, 5.41) is 10.4. The van der Waals surface area contributed by atoms with Crippen molar-refractivity contribution in [3.05, 3.63) is 52.5 Å². The molecule has 0 amide bonds. The summed E-state index contributed by atoms with van der Waals surface area (Å²) in [5.74, 6) is 0.859. The Morgan fingerprint density at radius 1 is 1.24 bits per heavy atom. The zero-order valence-electron chi connectivity index (χ0n) is 9.03. The molecule has 2 aromatic rings. The van der Waals surface area contributed by atoms with E-state index in [4.69, 9.17) is 4.74 Å². The number of aromatic nitrogens is 2. The molecule has 0 fully saturated rings. The lowest BCUT2D eigenvalue weighted by Crippen LogP contribution is -1.92. The number of hydrogen-bond donors (Lipinski definition) is 0. The average Bonchev–Trinajstić information content (AvgIpc) is 2.29. The third kappa shape index (κ3) is 2.75. The lowest BCUT2D eigenvalue weighted by atomic mass is 10.3. The van der Waals surface area contributed by atoms with Crippen molar-refractivity contribution in [2.24, 2.45) is 0 Å². The van der Waals surface area contributed by atoms with Crippen LogP contribution in [0, 0.1) is 17.0 Å². The van der Waals surface area contributed by atoms with Gasteiger partial charge in [0.25, 0.3) is 0 Å². The van der Waals surface area contributed by atoms with E-state index in [1.165, 1.54) is 18.3 Å². The van der Waals surface area contributed by atoms with Gasteiger partial charge in [-0.15, -0.1) is 0 Å². The van der Waals surface area contributed by atoms with Crippen LogP contribution in [0.4, 0.5) is 5.82 Å². The van der Waals surface area contributed by atoms with E-state index in [9.17, 15) is 10.1 Å². The predicted octanol–water partition coefficient (Wildman–Crippen LogP) is 2.49. The molecule has 0 radical (unpaired) electrons. The molecule has 17 heavy (non-hydrogen) atoms. The zero-order valence-corrected chi connectivity index (χ0v) is 9.03. The topological polar surface area (TPSA) is 78.2 Å². The van der Waals surface area contributed by atoms with Gasteiger partial charge in [-0.25, -0.2) is 0 Å². The molecule has 0 bridgehead atoms. The van der Waals surface area contributed by atoms with Gasteiger partial charge in [0, 0.05) is 24.0 Å². The summed E-state index contributed by atoms with van der Waals surface area (Å²) in [6.07, 6.45) is 2.94. The van der Waals surface area contributed by atoms with Gasteiger partial charge in [0.1, 0.15) is 5.75 Å². The first-order chi connectivity index (χ1) is 8.15. The Kier molecular flexibility index (Phi) is 2.95. The Hall–Kier alpha value is -2.50. The van der Waals surface area contributed by atoms with Gasteiger partial charge in [0.2, 0.25) is 0 Å². The van der Waals surface area contributed by atoms with Gasteiger partial charge in [-0.2, -0.15) is 0 Å². The molecule has 0 saturated heterocycles. The molecule has 6 heteroatoms. The van der Waals surface area contributed by atoms with Crippen LogP contribution in [0.1, 0.15) is 5.69 Å². The SMILES string of the molecule is Cc1cc(Oc2ccc([N+](=O)[O-])nc2)ccn1. The molecule has 0 aliphatic carbocycles. The number of pyridine rings is 2. The summed E-state index contributed by atoms with van der Waals surface area (Å²) in [5.41, 5.74) is 0.831. The highest BCUT2D eigenvalue weighted by molar-refractivity contribution is 5.32. The molecule has 0 spiro atoms. The molecule has 0 aromatic carbocycles. The summed E-state index contributed by atoms with van der Waals surface area (Å²) < 4.78 is 5.47. The number of nitro groups is 1. The minimum Gasteiger partial charge on any atom is -0.453 e. The largest absolute Gasteiger partial charge is 0.453 e. The Bertz CT molecular complexity index is 540. The maximum atomic E-state index is 10.4. The van der Waals surface area contributed by atoms with Crippen molar-refractivity contribution in [2.45, 2.75) is 6.92 Å². The van der Waals surface area contributed by atoms with Crippen LogP contribution in [0.25, 0.3) is 0 Å². The third-order valence-electron chi connectivity index (χ3n) is 2.01. The standard InChI is InChI=1S/C11H9N3O3/c1-8-6-9(4-5-12-8)17-10-2-3-11(13-7-10)14(15)16/h2-7H,1H3. The van der Waals surface area contributed by atoms with Crippen LogP contribution < -0.4 is 4.74 Å². The monoisotopic (exact) mass is 231 g/mol. The van der Waals surface area contributed by atoms with Crippen molar-refractivity contribution in [1.29, 1.82) is 0 Å². The fourth-order valence-electron chi connectivity index (χ4n) is 1.26. The van der Waals surface area contributed by atoms with E-state index in [0.717, 1.165) is 5.69 Å². The van der Waals surface area contributed by atoms with E-state index >= 15 is 0 Å². The van der Waals surface area contributed by atoms with Gasteiger partial charge < -0.3 is 14.9 Å². The summed E-state index contributed by atoms with van der Waals surface area (Å²) in [4.78, 5) is 17.5. The van der Waals surface area contributed by atoms with E-state index < -0.39 is 4.92 Å². The van der Waals surface area contributed by atoms with Gasteiger partial charge in [-0.3, -0.25) is 4.98 Å². The highest BCUT2D eigenvalue weighted by Crippen LogP contribution is 2.21. The lowest BCUT2D eigenvalue weighted by Gasteiger charge is -2.03. The lowest BCUT2D eigenvalue weighted by molar-refractivity contribution is -0.389. The highest BCUT2D eigenvalue weighted by Gasteiger charge is 2.07. The summed E-state index contributed by atoms with van der Waals surface area (Å²) in [6, 6.07) is 6.26. The van der Waals surface area contributed by atoms with Crippen molar-refractivity contribution in [3.63, 3.8) is 0 Å². The number of nitrogens with zero attached hydrogens (tertiary/aromatic N) is 3. The first-order valence-electron chi connectivity index (χ1n) is 4.86. The molecule has 2 heterocycles. The van der Waals surface area contributed by atoms with Crippen LogP contribution in [-0.4, -0.2) is 14.9 Å². The number of ether oxygens (including phenoxy) is 1. The molecule has 2 aromatic heterocycles. The first kappa shape index (κ1) is 11.0. The fraction of sp³-hybridized carbons (Fsp3) is 0.0909. The van der Waals surface area contributed by atoms with Crippen LogP contribution in [0.15, 0.2) is 36.7 Å². The zero-order chi connectivity index (χ0) is 12.3. The smallest absolute Gasteiger partial charge is 0.363 e. The third-order valence-corrected chi connectivity index (χ3v) is 2.01. The molecule has 0 aliphatic heterocycles. The Labute approximate surface area is 97.1 Å². The maximum absolute atomic E-state index is 10.4. The van der Waals surface area contributed by atoms with E-state index in [1.54, 1.807) is 18.3 Å². The van der Waals surface area contributed by atoms with E-state index in [1.807, 2.05) is 6.92 Å². The van der Waals surface area contributed by atoms with Crippen molar-refractivity contribution in [2.75, 3.05) is 0 Å². The van der Waals surface area contributed by atoms with E-state index in [-0.39, 0.29) is 5.82 Å². The number of rotatable bonds is 3. The molecule has 0 unspecified atom stereocenters. The van der Waals surface area contributed by atoms with Crippen molar-refractivity contribution in [1.82, 2.24) is 9.97 Å². The molecule has 0 aliphatic rings. The van der Waals surface area contributed by atoms with E-state index in [0.29, 0.717) is 11.5 Å². The summed E-state index contributed by atoms with van der Waals surface area (Å²) in [7, 11) is 0. The molecule has 86 valence electrons. The van der Waals surface area contributed by atoms with Gasteiger partial charge in [-0.1, -0.05) is 0 Å². The molecular formula is C11H9N3O3. The molecule has 0 atom stereocenters. The van der Waals surface area contributed by atoms with Gasteiger partial charge >= 0.3 is 5.82 Å².